The van der Waals surface area contributed by atoms with Crippen LogP contribution in [0.25, 0.3) is 0 Å². The molecule has 1 fully saturated rings. The molecular formula is C9H17N3O3. The van der Waals surface area contributed by atoms with Crippen molar-refractivity contribution in [1.29, 1.82) is 0 Å². The standard InChI is InChI=1S/C9H17N3O3/c10-9(15)11-8(14)3-5-12-4-1-2-7(12)6-13/h7,13H,1-6H2,(H3,10,11,14,15)/t7-/m0/s1. The highest BCUT2D eigenvalue weighted by Gasteiger charge is 2.23. The number of carbonyl (C=O) groups excluding carboxylic acids is 2. The van der Waals surface area contributed by atoms with E-state index < -0.39 is 6.03 Å². The van der Waals surface area contributed by atoms with Crippen LogP contribution >= 0.6 is 0 Å². The maximum Gasteiger partial charge on any atom is 0.318 e. The van der Waals surface area contributed by atoms with E-state index in [9.17, 15) is 9.59 Å². The summed E-state index contributed by atoms with van der Waals surface area (Å²) >= 11 is 0. The molecule has 0 unspecified atom stereocenters. The molecule has 1 rings (SSSR count). The SMILES string of the molecule is NC(=O)NC(=O)CCN1CCC[C@H]1CO. The Morgan fingerprint density at radius 3 is 2.87 bits per heavy atom. The van der Waals surface area contributed by atoms with E-state index in [1.807, 2.05) is 5.32 Å². The number of carbonyl (C=O) groups is 2. The maximum absolute atomic E-state index is 11.1. The second kappa shape index (κ2) is 5.67. The Bertz CT molecular complexity index is 245. The number of nitrogens with zero attached hydrogens (tertiary/aromatic N) is 1. The fourth-order valence-corrected chi connectivity index (χ4v) is 1.84. The van der Waals surface area contributed by atoms with Gasteiger partial charge in [-0.3, -0.25) is 15.0 Å². The zero-order valence-corrected chi connectivity index (χ0v) is 8.61. The highest BCUT2D eigenvalue weighted by molar-refractivity contribution is 5.93. The number of hydrogen-bond acceptors (Lipinski definition) is 4. The van der Waals surface area contributed by atoms with Gasteiger partial charge in [0.25, 0.3) is 0 Å². The number of likely N-dealkylation sites (tertiary alicyclic amines) is 1. The number of urea groups is 1. The number of rotatable bonds is 4. The van der Waals surface area contributed by atoms with Gasteiger partial charge >= 0.3 is 6.03 Å². The predicted molar refractivity (Wildman–Crippen MR) is 54.0 cm³/mol. The van der Waals surface area contributed by atoms with Crippen LogP contribution in [0.2, 0.25) is 0 Å². The van der Waals surface area contributed by atoms with Crippen molar-refractivity contribution in [2.75, 3.05) is 19.7 Å². The average Bonchev–Trinajstić information content (AvgIpc) is 2.60. The quantitative estimate of drug-likeness (QED) is 0.562. The Labute approximate surface area is 88.4 Å². The van der Waals surface area contributed by atoms with Gasteiger partial charge in [-0.25, -0.2) is 4.79 Å². The minimum atomic E-state index is -0.819. The number of nitrogens with two attached hydrogens (primary N) is 1. The average molecular weight is 215 g/mol. The van der Waals surface area contributed by atoms with Gasteiger partial charge < -0.3 is 10.8 Å². The lowest BCUT2D eigenvalue weighted by atomic mass is 10.2. The molecule has 1 aliphatic heterocycles. The summed E-state index contributed by atoms with van der Waals surface area (Å²) < 4.78 is 0. The second-order valence-electron chi connectivity index (χ2n) is 3.68. The fraction of sp³-hybridized carbons (Fsp3) is 0.778. The fourth-order valence-electron chi connectivity index (χ4n) is 1.84. The summed E-state index contributed by atoms with van der Waals surface area (Å²) in [5.74, 6) is -0.369. The smallest absolute Gasteiger partial charge is 0.318 e. The van der Waals surface area contributed by atoms with E-state index in [-0.39, 0.29) is 25.0 Å². The van der Waals surface area contributed by atoms with Gasteiger partial charge in [0.2, 0.25) is 5.91 Å². The molecule has 4 N–H and O–H groups in total. The van der Waals surface area contributed by atoms with Gasteiger partial charge in [0, 0.05) is 19.0 Å². The van der Waals surface area contributed by atoms with Gasteiger partial charge in [0.15, 0.2) is 0 Å². The predicted octanol–water partition coefficient (Wildman–Crippen LogP) is -0.972. The molecule has 0 aromatic rings. The van der Waals surface area contributed by atoms with Gasteiger partial charge in [0.05, 0.1) is 6.61 Å². The molecule has 86 valence electrons. The number of amides is 3. The second-order valence-corrected chi connectivity index (χ2v) is 3.68. The number of nitrogens with one attached hydrogen (secondary N) is 1. The van der Waals surface area contributed by atoms with Crippen LogP contribution in [0, 0.1) is 0 Å². The van der Waals surface area contributed by atoms with Crippen LogP contribution in [0.4, 0.5) is 4.79 Å². The molecule has 0 bridgehead atoms. The lowest BCUT2D eigenvalue weighted by molar-refractivity contribution is -0.120. The Hall–Kier alpha value is -1.14. The Balaban J connectivity index is 2.24. The van der Waals surface area contributed by atoms with Crippen molar-refractivity contribution in [2.24, 2.45) is 5.73 Å². The van der Waals surface area contributed by atoms with Gasteiger partial charge in [-0.2, -0.15) is 0 Å². The molecule has 0 saturated carbocycles. The topological polar surface area (TPSA) is 95.7 Å². The summed E-state index contributed by atoms with van der Waals surface area (Å²) in [7, 11) is 0. The third kappa shape index (κ3) is 3.85. The molecule has 6 nitrogen and oxygen atoms in total. The van der Waals surface area contributed by atoms with Crippen LogP contribution in [-0.2, 0) is 4.79 Å². The van der Waals surface area contributed by atoms with Crippen molar-refractivity contribution in [3.8, 4) is 0 Å². The number of imide groups is 1. The number of aliphatic hydroxyl groups excluding tert-OH is 1. The van der Waals surface area contributed by atoms with Crippen molar-refractivity contribution >= 4 is 11.9 Å². The van der Waals surface area contributed by atoms with Gasteiger partial charge in [-0.1, -0.05) is 0 Å². The van der Waals surface area contributed by atoms with Crippen LogP contribution in [0.3, 0.4) is 0 Å². The highest BCUT2D eigenvalue weighted by Crippen LogP contribution is 2.16. The third-order valence-corrected chi connectivity index (χ3v) is 2.60. The van der Waals surface area contributed by atoms with Crippen LogP contribution < -0.4 is 11.1 Å². The van der Waals surface area contributed by atoms with E-state index in [2.05, 4.69) is 4.90 Å². The molecule has 0 aromatic heterocycles. The van der Waals surface area contributed by atoms with E-state index in [1.54, 1.807) is 0 Å². The third-order valence-electron chi connectivity index (χ3n) is 2.60. The van der Waals surface area contributed by atoms with E-state index in [4.69, 9.17) is 10.8 Å². The van der Waals surface area contributed by atoms with Crippen molar-refractivity contribution in [1.82, 2.24) is 10.2 Å². The molecule has 1 atom stereocenters. The molecule has 0 radical (unpaired) electrons. The summed E-state index contributed by atoms with van der Waals surface area (Å²) in [6.07, 6.45) is 2.25. The molecule has 3 amide bonds. The highest BCUT2D eigenvalue weighted by atomic mass is 16.3. The summed E-state index contributed by atoms with van der Waals surface area (Å²) in [6, 6.07) is -0.661. The molecule has 15 heavy (non-hydrogen) atoms. The van der Waals surface area contributed by atoms with E-state index >= 15 is 0 Å². The molecule has 0 aromatic carbocycles. The van der Waals surface area contributed by atoms with Crippen LogP contribution in [0.15, 0.2) is 0 Å². The van der Waals surface area contributed by atoms with Crippen LogP contribution in [0.5, 0.6) is 0 Å². The molecule has 6 heteroatoms. The Morgan fingerprint density at radius 2 is 2.27 bits per heavy atom. The van der Waals surface area contributed by atoms with Crippen LogP contribution in [0.1, 0.15) is 19.3 Å². The zero-order valence-electron chi connectivity index (χ0n) is 8.61. The first kappa shape index (κ1) is 11.9. The number of aliphatic hydroxyl groups is 1. The van der Waals surface area contributed by atoms with Crippen molar-refractivity contribution in [2.45, 2.75) is 25.3 Å². The number of primary amides is 1. The minimum Gasteiger partial charge on any atom is -0.395 e. The molecule has 1 heterocycles. The normalized spacial score (nSPS) is 21.5. The summed E-state index contributed by atoms with van der Waals surface area (Å²) in [5, 5.41) is 11.0. The summed E-state index contributed by atoms with van der Waals surface area (Å²) in [5.41, 5.74) is 4.81. The number of hydrogen-bond donors (Lipinski definition) is 3. The largest absolute Gasteiger partial charge is 0.395 e. The van der Waals surface area contributed by atoms with E-state index in [0.29, 0.717) is 6.54 Å². The molecule has 1 saturated heterocycles. The summed E-state index contributed by atoms with van der Waals surface area (Å²) in [6.45, 7) is 1.58. The van der Waals surface area contributed by atoms with Crippen LogP contribution in [-0.4, -0.2) is 47.7 Å². The Morgan fingerprint density at radius 1 is 1.53 bits per heavy atom. The van der Waals surface area contributed by atoms with Crippen molar-refractivity contribution in [3.63, 3.8) is 0 Å². The summed E-state index contributed by atoms with van der Waals surface area (Å²) in [4.78, 5) is 23.5. The lowest BCUT2D eigenvalue weighted by Gasteiger charge is -2.21. The zero-order chi connectivity index (χ0) is 11.3. The first-order valence-corrected chi connectivity index (χ1v) is 5.07. The van der Waals surface area contributed by atoms with Gasteiger partial charge in [0.1, 0.15) is 0 Å². The molecule has 0 spiro atoms. The first-order chi connectivity index (χ1) is 7.13. The van der Waals surface area contributed by atoms with Gasteiger partial charge in [-0.15, -0.1) is 0 Å². The maximum atomic E-state index is 11.1. The minimum absolute atomic E-state index is 0.122. The molecule has 1 aliphatic rings. The van der Waals surface area contributed by atoms with Crippen molar-refractivity contribution < 1.29 is 14.7 Å². The monoisotopic (exact) mass is 215 g/mol. The lowest BCUT2D eigenvalue weighted by Crippen LogP contribution is -2.39. The van der Waals surface area contributed by atoms with E-state index in [1.165, 1.54) is 0 Å². The molecular weight excluding hydrogens is 198 g/mol. The first-order valence-electron chi connectivity index (χ1n) is 5.07. The molecule has 0 aliphatic carbocycles. The van der Waals surface area contributed by atoms with Gasteiger partial charge in [-0.05, 0) is 19.4 Å². The van der Waals surface area contributed by atoms with Crippen molar-refractivity contribution in [3.05, 3.63) is 0 Å². The van der Waals surface area contributed by atoms with E-state index in [0.717, 1.165) is 19.4 Å². The Kier molecular flexibility index (Phi) is 4.51.